The van der Waals surface area contributed by atoms with E-state index in [2.05, 4.69) is 24.8 Å². The van der Waals surface area contributed by atoms with Crippen molar-refractivity contribution in [3.05, 3.63) is 52.2 Å². The lowest BCUT2D eigenvalue weighted by atomic mass is 10.1. The normalized spacial score (nSPS) is 14.7. The van der Waals surface area contributed by atoms with Crippen LogP contribution in [0.5, 0.6) is 5.75 Å². The highest BCUT2D eigenvalue weighted by Gasteiger charge is 2.24. The Hall–Kier alpha value is -4.21. The highest BCUT2D eigenvalue weighted by molar-refractivity contribution is 7.83. The molecule has 0 aliphatic carbocycles. The van der Waals surface area contributed by atoms with Crippen LogP contribution in [0.4, 0.5) is 5.95 Å². The summed E-state index contributed by atoms with van der Waals surface area (Å²) in [6.45, 7) is 5.59. The van der Waals surface area contributed by atoms with Gasteiger partial charge in [-0.25, -0.2) is 29.4 Å². The number of hydrogen-bond acceptors (Lipinski definition) is 10. The minimum atomic E-state index is -1.54. The fourth-order valence-corrected chi connectivity index (χ4v) is 6.04. The second kappa shape index (κ2) is 12.8. The third kappa shape index (κ3) is 6.03. The molecule has 1 aliphatic rings. The zero-order valence-corrected chi connectivity index (χ0v) is 24.4. The molecule has 0 saturated carbocycles. The van der Waals surface area contributed by atoms with Gasteiger partial charge < -0.3 is 14.6 Å². The van der Waals surface area contributed by atoms with E-state index in [4.69, 9.17) is 14.9 Å². The summed E-state index contributed by atoms with van der Waals surface area (Å²) in [6.07, 6.45) is 5.67. The van der Waals surface area contributed by atoms with E-state index in [1.807, 2.05) is 18.7 Å². The quantitative estimate of drug-likeness (QED) is 0.156. The molecular weight excluding hydrogens is 562 g/mol. The second-order valence-corrected chi connectivity index (χ2v) is 11.1. The van der Waals surface area contributed by atoms with Crippen molar-refractivity contribution in [1.82, 2.24) is 39.9 Å². The van der Waals surface area contributed by atoms with Crippen LogP contribution in [0.15, 0.2) is 40.3 Å². The van der Waals surface area contributed by atoms with Crippen molar-refractivity contribution in [2.75, 3.05) is 24.6 Å². The summed E-state index contributed by atoms with van der Waals surface area (Å²) in [4.78, 5) is 43.1. The van der Waals surface area contributed by atoms with E-state index in [0.29, 0.717) is 78.0 Å². The van der Waals surface area contributed by atoms with Gasteiger partial charge in [0.2, 0.25) is 5.95 Å². The summed E-state index contributed by atoms with van der Waals surface area (Å²) in [5.74, 6) is 0.660. The number of rotatable bonds is 10. The summed E-state index contributed by atoms with van der Waals surface area (Å²) < 4.78 is 24.0. The number of nitrogens with zero attached hydrogens (tertiary/aromatic N) is 6. The van der Waals surface area contributed by atoms with Gasteiger partial charge in [-0.2, -0.15) is 5.10 Å². The summed E-state index contributed by atoms with van der Waals surface area (Å²) in [5.41, 5.74) is 3.66. The van der Waals surface area contributed by atoms with Crippen molar-refractivity contribution in [3.8, 4) is 17.1 Å². The number of H-pyrrole nitrogens is 1. The van der Waals surface area contributed by atoms with Crippen molar-refractivity contribution in [2.45, 2.75) is 50.5 Å². The molecule has 14 nitrogen and oxygen atoms in total. The van der Waals surface area contributed by atoms with Crippen LogP contribution < -0.4 is 25.4 Å². The van der Waals surface area contributed by atoms with Crippen LogP contribution in [0.1, 0.15) is 49.2 Å². The number of aromatic nitrogens is 6. The number of benzene rings is 1. The first-order valence-corrected chi connectivity index (χ1v) is 14.9. The molecule has 15 heteroatoms. The molecule has 5 rings (SSSR count). The number of hydroxylamine groups is 1. The predicted octanol–water partition coefficient (Wildman–Crippen LogP) is 1.86. The van der Waals surface area contributed by atoms with Gasteiger partial charge in [0, 0.05) is 38.6 Å². The van der Waals surface area contributed by atoms with Gasteiger partial charge in [0.25, 0.3) is 11.5 Å². The van der Waals surface area contributed by atoms with E-state index < -0.39 is 16.9 Å². The lowest BCUT2D eigenvalue weighted by molar-refractivity contribution is 0.0705. The van der Waals surface area contributed by atoms with Crippen LogP contribution >= 0.6 is 0 Å². The molecule has 1 aromatic carbocycles. The predicted molar refractivity (Wildman–Crippen MR) is 156 cm³/mol. The van der Waals surface area contributed by atoms with Gasteiger partial charge in [0.1, 0.15) is 28.1 Å². The largest absolute Gasteiger partial charge is 0.493 e. The summed E-state index contributed by atoms with van der Waals surface area (Å²) in [7, 11) is 0.190. The van der Waals surface area contributed by atoms with Crippen LogP contribution in [0.2, 0.25) is 0 Å². The van der Waals surface area contributed by atoms with Gasteiger partial charge >= 0.3 is 0 Å². The molecule has 4 N–H and O–H groups in total. The Balaban J connectivity index is 1.33. The van der Waals surface area contributed by atoms with E-state index in [1.54, 1.807) is 35.4 Å². The molecule has 1 saturated heterocycles. The Morgan fingerprint density at radius 2 is 1.95 bits per heavy atom. The molecular formula is C27H33N9O5S. The third-order valence-corrected chi connectivity index (χ3v) is 8.25. The minimum absolute atomic E-state index is 0.0159. The fourth-order valence-electron chi connectivity index (χ4n) is 4.95. The molecule has 1 unspecified atom stereocenters. The van der Waals surface area contributed by atoms with E-state index >= 15 is 0 Å². The van der Waals surface area contributed by atoms with Crippen LogP contribution in [0.3, 0.4) is 0 Å². The number of anilines is 1. The van der Waals surface area contributed by atoms with Crippen LogP contribution in [0, 0.1) is 0 Å². The Morgan fingerprint density at radius 1 is 1.21 bits per heavy atom. The summed E-state index contributed by atoms with van der Waals surface area (Å²) >= 11 is 0. The number of hydrogen-bond donors (Lipinski definition) is 4. The Kier molecular flexibility index (Phi) is 8.89. The molecule has 1 amide bonds. The van der Waals surface area contributed by atoms with Gasteiger partial charge in [-0.05, 0) is 44.4 Å². The molecule has 1 fully saturated rings. The number of carbonyl (C=O) groups excluding carboxylic acids is 1. The molecule has 4 aromatic rings. The lowest BCUT2D eigenvalue weighted by Crippen LogP contribution is -2.43. The molecule has 0 spiro atoms. The molecule has 1 atom stereocenters. The average Bonchev–Trinajstić information content (AvgIpc) is 3.32. The van der Waals surface area contributed by atoms with Gasteiger partial charge in [0.05, 0.1) is 28.3 Å². The smallest absolute Gasteiger partial charge is 0.277 e. The van der Waals surface area contributed by atoms with Crippen LogP contribution in [0.25, 0.3) is 22.4 Å². The van der Waals surface area contributed by atoms with Crippen molar-refractivity contribution in [2.24, 2.45) is 7.05 Å². The van der Waals surface area contributed by atoms with Gasteiger partial charge in [-0.3, -0.25) is 19.5 Å². The second-order valence-electron chi connectivity index (χ2n) is 9.88. The monoisotopic (exact) mass is 595 g/mol. The standard InChI is InChI=1S/C27H33N9O5S/c1-4-6-20-22-23(35(3)32-20)26(38)31-24(30-22)19-13-18(7-8-21(19)41-5-2)42(40)34-17-9-11-36(12-10-17)27-28-14-16(15-29-27)25(37)33-39/h7-8,13-15,17,34,39H,4-6,9-12H2,1-3H3,(H,33,37)(H,30,31,38). The number of ether oxygens (including phenoxy) is 1. The van der Waals surface area contributed by atoms with Crippen molar-refractivity contribution in [1.29, 1.82) is 0 Å². The number of aryl methyl sites for hydroxylation is 2. The first kappa shape index (κ1) is 29.3. The maximum Gasteiger partial charge on any atom is 0.277 e. The number of aromatic amines is 1. The molecule has 1 aliphatic heterocycles. The van der Waals surface area contributed by atoms with Crippen LogP contribution in [-0.4, -0.2) is 70.8 Å². The highest BCUT2D eigenvalue weighted by Crippen LogP contribution is 2.31. The minimum Gasteiger partial charge on any atom is -0.493 e. The maximum atomic E-state index is 13.4. The molecule has 3 aromatic heterocycles. The molecule has 42 heavy (non-hydrogen) atoms. The van der Waals surface area contributed by atoms with Crippen LogP contribution in [-0.2, 0) is 24.5 Å². The van der Waals surface area contributed by atoms with Gasteiger partial charge in [0.15, 0.2) is 5.52 Å². The zero-order valence-electron chi connectivity index (χ0n) is 23.6. The first-order valence-electron chi connectivity index (χ1n) is 13.7. The van der Waals surface area contributed by atoms with Crippen molar-refractivity contribution >= 4 is 33.9 Å². The van der Waals surface area contributed by atoms with E-state index in [9.17, 15) is 13.8 Å². The Bertz CT molecular complexity index is 1660. The van der Waals surface area contributed by atoms with E-state index in [1.165, 1.54) is 12.4 Å². The number of piperidine rings is 1. The van der Waals surface area contributed by atoms with E-state index in [0.717, 1.165) is 12.1 Å². The third-order valence-electron chi connectivity index (χ3n) is 7.02. The van der Waals surface area contributed by atoms with Gasteiger partial charge in [-0.15, -0.1) is 0 Å². The number of amides is 1. The molecule has 0 radical (unpaired) electrons. The number of carbonyl (C=O) groups is 1. The highest BCUT2D eigenvalue weighted by atomic mass is 32.2. The Labute approximate surface area is 244 Å². The fraction of sp³-hybridized carbons (Fsp3) is 0.407. The molecule has 4 heterocycles. The Morgan fingerprint density at radius 3 is 2.62 bits per heavy atom. The van der Waals surface area contributed by atoms with E-state index in [-0.39, 0.29) is 17.2 Å². The SMILES string of the molecule is CCCc1nn(C)c2c(=O)[nH]c(-c3cc(S(=O)NC4CCN(c5ncc(C(=O)NO)cn5)CC4)ccc3OCC)nc12. The molecule has 222 valence electrons. The molecule has 0 bridgehead atoms. The maximum absolute atomic E-state index is 13.4. The summed E-state index contributed by atoms with van der Waals surface area (Å²) in [6, 6.07) is 5.21. The van der Waals surface area contributed by atoms with Crippen molar-refractivity contribution < 1.29 is 18.9 Å². The number of fused-ring (bicyclic) bond motifs is 1. The lowest BCUT2D eigenvalue weighted by Gasteiger charge is -2.32. The average molecular weight is 596 g/mol. The van der Waals surface area contributed by atoms with Crippen molar-refractivity contribution in [3.63, 3.8) is 0 Å². The zero-order chi connectivity index (χ0) is 29.8. The number of nitrogens with one attached hydrogen (secondary N) is 3. The summed E-state index contributed by atoms with van der Waals surface area (Å²) in [5, 5.41) is 13.2. The first-order chi connectivity index (χ1) is 20.3. The van der Waals surface area contributed by atoms with Gasteiger partial charge in [-0.1, -0.05) is 13.3 Å². The topological polar surface area (TPSA) is 180 Å².